The Morgan fingerprint density at radius 1 is 0.947 bits per heavy atom. The predicted octanol–water partition coefficient (Wildman–Crippen LogP) is -0.134. The molecule has 0 spiro atoms. The molecule has 38 heavy (non-hydrogen) atoms. The molecule has 0 aliphatic heterocycles. The van der Waals surface area contributed by atoms with E-state index in [1.165, 1.54) is 23.9 Å². The van der Waals surface area contributed by atoms with Gasteiger partial charge in [-0.3, -0.25) is 19.2 Å². The van der Waals surface area contributed by atoms with Gasteiger partial charge in [-0.1, -0.05) is 32.4 Å². The van der Waals surface area contributed by atoms with Crippen LogP contribution in [0, 0.1) is 5.92 Å². The highest BCUT2D eigenvalue weighted by Crippen LogP contribution is 2.13. The Hall–Kier alpha value is -3.32. The summed E-state index contributed by atoms with van der Waals surface area (Å²) in [7, 11) is 0. The molecule has 1 rings (SSSR count). The van der Waals surface area contributed by atoms with Gasteiger partial charge in [-0.25, -0.2) is 4.79 Å². The molecule has 0 bridgehead atoms. The maximum absolute atomic E-state index is 13.3. The number of amides is 4. The van der Waals surface area contributed by atoms with E-state index >= 15 is 0 Å². The molecule has 0 fully saturated rings. The smallest absolute Gasteiger partial charge is 0.326 e. The van der Waals surface area contributed by atoms with Crippen LogP contribution in [0.1, 0.15) is 45.1 Å². The van der Waals surface area contributed by atoms with Gasteiger partial charge < -0.3 is 37.6 Å². The van der Waals surface area contributed by atoms with Gasteiger partial charge >= 0.3 is 5.97 Å². The molecule has 0 aliphatic rings. The first-order valence-corrected chi connectivity index (χ1v) is 13.7. The summed E-state index contributed by atoms with van der Waals surface area (Å²) in [5, 5.41) is 26.8. The van der Waals surface area contributed by atoms with Crippen molar-refractivity contribution in [3.05, 3.63) is 29.8 Å². The number of thioether (sulfide) groups is 1. The highest BCUT2D eigenvalue weighted by atomic mass is 32.2. The molecule has 212 valence electrons. The fourth-order valence-electron chi connectivity index (χ4n) is 3.50. The van der Waals surface area contributed by atoms with Gasteiger partial charge in [0.25, 0.3) is 0 Å². The number of nitrogens with one attached hydrogen (secondary N) is 3. The van der Waals surface area contributed by atoms with Crippen LogP contribution in [0.2, 0.25) is 0 Å². The van der Waals surface area contributed by atoms with Crippen molar-refractivity contribution < 1.29 is 34.2 Å². The number of phenolic OH excluding ortho intramolecular Hbond substituents is 1. The van der Waals surface area contributed by atoms with Crippen LogP contribution >= 0.6 is 11.8 Å². The summed E-state index contributed by atoms with van der Waals surface area (Å²) < 4.78 is 0. The minimum absolute atomic E-state index is 0.0142. The standard InChI is InChI=1S/C25H39N5O7S/c1-4-14(2)21(25(36)37)30-23(34)18(11-12-38-3)28-24(35)19(13-15-5-7-16(31)8-6-15)29-22(33)17(26)9-10-20(27)32/h5-8,14,17-19,21,31H,4,9-13,26H2,1-3H3,(H2,27,32)(H,28,35)(H,29,33)(H,30,34)(H,36,37). The molecular formula is C25H39N5O7S. The Labute approximate surface area is 226 Å². The first kappa shape index (κ1) is 32.7. The van der Waals surface area contributed by atoms with Gasteiger partial charge in [-0.05, 0) is 48.5 Å². The van der Waals surface area contributed by atoms with Crippen LogP contribution in [0.15, 0.2) is 24.3 Å². The fourth-order valence-corrected chi connectivity index (χ4v) is 3.97. The van der Waals surface area contributed by atoms with Crippen molar-refractivity contribution in [2.75, 3.05) is 12.0 Å². The third kappa shape index (κ3) is 11.4. The summed E-state index contributed by atoms with van der Waals surface area (Å²) in [6, 6.07) is 1.59. The summed E-state index contributed by atoms with van der Waals surface area (Å²) in [5.74, 6) is -3.61. The number of carboxylic acid groups (broad SMARTS) is 1. The van der Waals surface area contributed by atoms with Crippen LogP contribution in [0.4, 0.5) is 0 Å². The van der Waals surface area contributed by atoms with E-state index in [9.17, 15) is 34.2 Å². The average Bonchev–Trinajstić information content (AvgIpc) is 2.87. The molecule has 4 amide bonds. The van der Waals surface area contributed by atoms with Crippen LogP contribution in [-0.2, 0) is 30.4 Å². The normalized spacial score (nSPS) is 14.8. The maximum atomic E-state index is 13.3. The zero-order valence-corrected chi connectivity index (χ0v) is 22.8. The highest BCUT2D eigenvalue weighted by molar-refractivity contribution is 7.98. The van der Waals surface area contributed by atoms with Gasteiger partial charge in [-0.2, -0.15) is 11.8 Å². The molecule has 0 heterocycles. The monoisotopic (exact) mass is 553 g/mol. The van der Waals surface area contributed by atoms with Crippen LogP contribution < -0.4 is 27.4 Å². The number of hydrogen-bond donors (Lipinski definition) is 7. The summed E-state index contributed by atoms with van der Waals surface area (Å²) in [4.78, 5) is 61.8. The van der Waals surface area contributed by atoms with Gasteiger partial charge in [0.05, 0.1) is 6.04 Å². The van der Waals surface area contributed by atoms with Gasteiger partial charge in [0.2, 0.25) is 23.6 Å². The van der Waals surface area contributed by atoms with E-state index in [1.807, 2.05) is 13.2 Å². The summed E-state index contributed by atoms with van der Waals surface area (Å²) in [6.07, 6.45) is 2.47. The SMILES string of the molecule is CCC(C)C(NC(=O)C(CCSC)NC(=O)C(Cc1ccc(O)cc1)NC(=O)C(N)CCC(N)=O)C(=O)O. The molecule has 0 aromatic heterocycles. The van der Waals surface area contributed by atoms with Crippen molar-refractivity contribution in [2.24, 2.45) is 17.4 Å². The average molecular weight is 554 g/mol. The predicted molar refractivity (Wildman–Crippen MR) is 144 cm³/mol. The molecule has 1 aromatic carbocycles. The summed E-state index contributed by atoms with van der Waals surface area (Å²) in [6.45, 7) is 3.52. The largest absolute Gasteiger partial charge is 0.508 e. The number of rotatable bonds is 17. The summed E-state index contributed by atoms with van der Waals surface area (Å²) in [5.41, 5.74) is 11.6. The minimum Gasteiger partial charge on any atom is -0.508 e. The molecule has 1 aromatic rings. The topological polar surface area (TPSA) is 214 Å². The van der Waals surface area contributed by atoms with Crippen LogP contribution in [0.5, 0.6) is 5.75 Å². The number of nitrogens with two attached hydrogens (primary N) is 2. The van der Waals surface area contributed by atoms with E-state index in [2.05, 4.69) is 16.0 Å². The zero-order valence-electron chi connectivity index (χ0n) is 21.9. The number of aliphatic carboxylic acids is 1. The lowest BCUT2D eigenvalue weighted by atomic mass is 9.98. The minimum atomic E-state index is -1.18. The van der Waals surface area contributed by atoms with Crippen LogP contribution in [-0.4, -0.2) is 76.0 Å². The molecule has 5 unspecified atom stereocenters. The van der Waals surface area contributed by atoms with E-state index in [4.69, 9.17) is 11.5 Å². The third-order valence-corrected chi connectivity index (χ3v) is 6.71. The molecule has 0 saturated heterocycles. The number of phenols is 1. The van der Waals surface area contributed by atoms with Gasteiger partial charge in [0, 0.05) is 12.8 Å². The van der Waals surface area contributed by atoms with E-state index in [0.29, 0.717) is 17.7 Å². The Bertz CT molecular complexity index is 960. The van der Waals surface area contributed by atoms with E-state index < -0.39 is 53.8 Å². The quantitative estimate of drug-likeness (QED) is 0.137. The lowest BCUT2D eigenvalue weighted by Crippen LogP contribution is -2.58. The molecule has 5 atom stereocenters. The first-order valence-electron chi connectivity index (χ1n) is 12.3. The Kier molecular flexibility index (Phi) is 14.2. The molecule has 0 radical (unpaired) electrons. The molecule has 12 nitrogen and oxygen atoms in total. The second-order valence-electron chi connectivity index (χ2n) is 9.10. The van der Waals surface area contributed by atoms with E-state index in [-0.39, 0.29) is 37.4 Å². The maximum Gasteiger partial charge on any atom is 0.326 e. The van der Waals surface area contributed by atoms with E-state index in [0.717, 1.165) is 0 Å². The zero-order chi connectivity index (χ0) is 28.8. The number of primary amides is 1. The van der Waals surface area contributed by atoms with Crippen molar-refractivity contribution in [1.82, 2.24) is 16.0 Å². The highest BCUT2D eigenvalue weighted by Gasteiger charge is 2.32. The number of hydrogen-bond acceptors (Lipinski definition) is 8. The number of aromatic hydroxyl groups is 1. The number of carbonyl (C=O) groups is 5. The second-order valence-corrected chi connectivity index (χ2v) is 10.1. The van der Waals surface area contributed by atoms with Crippen molar-refractivity contribution >= 4 is 41.4 Å². The summed E-state index contributed by atoms with van der Waals surface area (Å²) >= 11 is 1.45. The van der Waals surface area contributed by atoms with Crippen molar-refractivity contribution in [3.63, 3.8) is 0 Å². The molecule has 0 aliphatic carbocycles. The number of carbonyl (C=O) groups excluding carboxylic acids is 4. The Morgan fingerprint density at radius 2 is 1.53 bits per heavy atom. The van der Waals surface area contributed by atoms with Gasteiger partial charge in [0.1, 0.15) is 23.9 Å². The Balaban J connectivity index is 3.13. The lowest BCUT2D eigenvalue weighted by Gasteiger charge is -2.26. The van der Waals surface area contributed by atoms with Crippen molar-refractivity contribution in [3.8, 4) is 5.75 Å². The van der Waals surface area contributed by atoms with Gasteiger partial charge in [0.15, 0.2) is 0 Å². The number of benzene rings is 1. The molecule has 9 N–H and O–H groups in total. The Morgan fingerprint density at radius 3 is 2.05 bits per heavy atom. The molecular weight excluding hydrogens is 514 g/mol. The second kappa shape index (κ2) is 16.5. The van der Waals surface area contributed by atoms with Gasteiger partial charge in [-0.15, -0.1) is 0 Å². The number of carboxylic acids is 1. The van der Waals surface area contributed by atoms with Crippen molar-refractivity contribution in [2.45, 2.75) is 70.1 Å². The third-order valence-electron chi connectivity index (χ3n) is 6.07. The fraction of sp³-hybridized carbons (Fsp3) is 0.560. The van der Waals surface area contributed by atoms with Crippen LogP contribution in [0.3, 0.4) is 0 Å². The van der Waals surface area contributed by atoms with E-state index in [1.54, 1.807) is 19.1 Å². The first-order chi connectivity index (χ1) is 17.9. The lowest BCUT2D eigenvalue weighted by molar-refractivity contribution is -0.143. The van der Waals surface area contributed by atoms with Crippen molar-refractivity contribution in [1.29, 1.82) is 0 Å². The molecule has 0 saturated carbocycles. The van der Waals surface area contributed by atoms with Crippen LogP contribution in [0.25, 0.3) is 0 Å². The molecule has 13 heteroatoms.